The van der Waals surface area contributed by atoms with Gasteiger partial charge in [-0.3, -0.25) is 0 Å². The second-order valence-corrected chi connectivity index (χ2v) is 6.04. The Morgan fingerprint density at radius 3 is 2.12 bits per heavy atom. The van der Waals surface area contributed by atoms with Crippen molar-refractivity contribution in [2.75, 3.05) is 16.1 Å². The summed E-state index contributed by atoms with van der Waals surface area (Å²) >= 11 is 0. The van der Waals surface area contributed by atoms with E-state index in [0.717, 1.165) is 35.5 Å². The van der Waals surface area contributed by atoms with E-state index >= 15 is 0 Å². The molecule has 1 saturated carbocycles. The number of para-hydroxylation sites is 1. The second-order valence-electron chi connectivity index (χ2n) is 6.04. The maximum atomic E-state index is 5.77. The van der Waals surface area contributed by atoms with E-state index in [2.05, 4.69) is 21.0 Å². The Labute approximate surface area is 146 Å². The Kier molecular flexibility index (Phi) is 4.18. The molecule has 25 heavy (non-hydrogen) atoms. The third-order valence-corrected chi connectivity index (χ3v) is 4.06. The molecule has 126 valence electrons. The van der Waals surface area contributed by atoms with Gasteiger partial charge in [-0.2, -0.15) is 9.97 Å². The number of aromatic nitrogens is 2. The van der Waals surface area contributed by atoms with Gasteiger partial charge < -0.3 is 16.1 Å². The molecular weight excluding hydrogens is 312 g/mol. The molecule has 0 amide bonds. The van der Waals surface area contributed by atoms with E-state index in [1.54, 1.807) is 0 Å². The maximum Gasteiger partial charge on any atom is 0.231 e. The molecule has 0 saturated heterocycles. The Morgan fingerprint density at radius 1 is 0.840 bits per heavy atom. The maximum absolute atomic E-state index is 5.77. The topological polar surface area (TPSA) is 87.9 Å². The summed E-state index contributed by atoms with van der Waals surface area (Å²) in [5.41, 5.74) is 5.55. The Morgan fingerprint density at radius 2 is 1.48 bits per heavy atom. The predicted molar refractivity (Wildman–Crippen MR) is 102 cm³/mol. The van der Waals surface area contributed by atoms with Crippen molar-refractivity contribution in [1.29, 1.82) is 0 Å². The highest BCUT2D eigenvalue weighted by atomic mass is 15.3. The fourth-order valence-electron chi connectivity index (χ4n) is 2.68. The quantitative estimate of drug-likeness (QED) is 0.406. The number of hydrazine groups is 1. The summed E-state index contributed by atoms with van der Waals surface area (Å²) in [7, 11) is 0. The summed E-state index contributed by atoms with van der Waals surface area (Å²) in [5, 5.41) is 6.73. The van der Waals surface area contributed by atoms with Crippen LogP contribution in [0.2, 0.25) is 0 Å². The van der Waals surface area contributed by atoms with E-state index in [-0.39, 0.29) is 0 Å². The fraction of sp³-hybridized carbons (Fsp3) is 0.158. The van der Waals surface area contributed by atoms with Crippen molar-refractivity contribution in [2.45, 2.75) is 18.9 Å². The highest BCUT2D eigenvalue weighted by Crippen LogP contribution is 2.36. The molecule has 0 aliphatic heterocycles. The van der Waals surface area contributed by atoms with E-state index in [1.807, 2.05) is 60.7 Å². The summed E-state index contributed by atoms with van der Waals surface area (Å²) < 4.78 is 0. The number of benzene rings is 2. The molecule has 3 aromatic rings. The van der Waals surface area contributed by atoms with Gasteiger partial charge in [-0.1, -0.05) is 48.5 Å². The molecule has 0 spiro atoms. The lowest BCUT2D eigenvalue weighted by Gasteiger charge is -2.16. The van der Waals surface area contributed by atoms with Crippen LogP contribution in [-0.2, 0) is 0 Å². The number of anilines is 4. The molecule has 0 bridgehead atoms. The molecular formula is C19H20N6. The standard InChI is InChI=1S/C19H20N6/c20-25-18-16(13-7-3-1-4-8-13)17(21-15-11-12-15)23-19(24-18)22-14-9-5-2-6-10-14/h1-10,15H,11-12,20H2,(H3,21,22,23,24,25). The molecule has 6 heteroatoms. The normalized spacial score (nSPS) is 13.3. The lowest BCUT2D eigenvalue weighted by Crippen LogP contribution is -2.15. The van der Waals surface area contributed by atoms with Crippen molar-refractivity contribution in [3.63, 3.8) is 0 Å². The zero-order chi connectivity index (χ0) is 17.1. The number of hydrogen-bond acceptors (Lipinski definition) is 6. The Hall–Kier alpha value is -3.12. The molecule has 1 aliphatic rings. The molecule has 4 rings (SSSR count). The minimum atomic E-state index is 0.465. The van der Waals surface area contributed by atoms with Crippen LogP contribution in [0.1, 0.15) is 12.8 Å². The van der Waals surface area contributed by atoms with Crippen molar-refractivity contribution in [1.82, 2.24) is 9.97 Å². The van der Waals surface area contributed by atoms with Crippen LogP contribution < -0.4 is 21.9 Å². The van der Waals surface area contributed by atoms with Crippen LogP contribution in [-0.4, -0.2) is 16.0 Å². The first-order valence-electron chi connectivity index (χ1n) is 8.36. The molecule has 5 N–H and O–H groups in total. The van der Waals surface area contributed by atoms with Gasteiger partial charge in [0.25, 0.3) is 0 Å². The summed E-state index contributed by atoms with van der Waals surface area (Å²) in [6, 6.07) is 20.3. The highest BCUT2D eigenvalue weighted by molar-refractivity contribution is 5.86. The van der Waals surface area contributed by atoms with Crippen LogP contribution in [0.4, 0.5) is 23.3 Å². The van der Waals surface area contributed by atoms with Crippen LogP contribution in [0.15, 0.2) is 60.7 Å². The number of nitrogen functional groups attached to an aromatic ring is 1. The lowest BCUT2D eigenvalue weighted by atomic mass is 10.1. The number of hydrogen-bond donors (Lipinski definition) is 4. The monoisotopic (exact) mass is 332 g/mol. The van der Waals surface area contributed by atoms with E-state index < -0.39 is 0 Å². The summed E-state index contributed by atoms with van der Waals surface area (Å²) in [6.45, 7) is 0. The van der Waals surface area contributed by atoms with Crippen LogP contribution in [0.25, 0.3) is 11.1 Å². The molecule has 0 radical (unpaired) electrons. The van der Waals surface area contributed by atoms with E-state index in [4.69, 9.17) is 10.8 Å². The van der Waals surface area contributed by atoms with Gasteiger partial charge in [0.1, 0.15) is 5.82 Å². The fourth-order valence-corrected chi connectivity index (χ4v) is 2.68. The summed E-state index contributed by atoms with van der Waals surface area (Å²) in [6.07, 6.45) is 2.32. The first kappa shape index (κ1) is 15.4. The number of nitrogens with two attached hydrogens (primary N) is 1. The van der Waals surface area contributed by atoms with Crippen molar-refractivity contribution >= 4 is 23.3 Å². The molecule has 0 atom stereocenters. The van der Waals surface area contributed by atoms with Gasteiger partial charge in [0, 0.05) is 11.7 Å². The van der Waals surface area contributed by atoms with Crippen LogP contribution in [0, 0.1) is 0 Å². The minimum absolute atomic E-state index is 0.465. The van der Waals surface area contributed by atoms with Crippen molar-refractivity contribution < 1.29 is 0 Å². The largest absolute Gasteiger partial charge is 0.367 e. The molecule has 1 aromatic heterocycles. The Bertz CT molecular complexity index is 847. The first-order valence-corrected chi connectivity index (χ1v) is 8.36. The average molecular weight is 332 g/mol. The summed E-state index contributed by atoms with van der Waals surface area (Å²) in [4.78, 5) is 9.26. The molecule has 6 nitrogen and oxygen atoms in total. The van der Waals surface area contributed by atoms with Crippen molar-refractivity contribution in [2.24, 2.45) is 5.84 Å². The van der Waals surface area contributed by atoms with Gasteiger partial charge in [0.2, 0.25) is 5.95 Å². The SMILES string of the molecule is NNc1nc(Nc2ccccc2)nc(NC2CC2)c1-c1ccccc1. The van der Waals surface area contributed by atoms with Crippen molar-refractivity contribution in [3.05, 3.63) is 60.7 Å². The molecule has 0 unspecified atom stereocenters. The van der Waals surface area contributed by atoms with E-state index in [9.17, 15) is 0 Å². The third kappa shape index (κ3) is 3.54. The van der Waals surface area contributed by atoms with Crippen LogP contribution >= 0.6 is 0 Å². The number of nitrogens with zero attached hydrogens (tertiary/aromatic N) is 2. The number of rotatable bonds is 6. The first-order chi connectivity index (χ1) is 12.3. The number of nitrogens with one attached hydrogen (secondary N) is 3. The van der Waals surface area contributed by atoms with Gasteiger partial charge in [0.05, 0.1) is 5.56 Å². The zero-order valence-electron chi connectivity index (χ0n) is 13.7. The highest BCUT2D eigenvalue weighted by Gasteiger charge is 2.25. The Balaban J connectivity index is 1.77. The van der Waals surface area contributed by atoms with Gasteiger partial charge in [-0.15, -0.1) is 0 Å². The molecule has 1 heterocycles. The molecule has 2 aromatic carbocycles. The summed E-state index contributed by atoms with van der Waals surface area (Å²) in [5.74, 6) is 7.64. The third-order valence-electron chi connectivity index (χ3n) is 4.06. The van der Waals surface area contributed by atoms with Gasteiger partial charge in [-0.05, 0) is 30.5 Å². The van der Waals surface area contributed by atoms with Crippen molar-refractivity contribution in [3.8, 4) is 11.1 Å². The van der Waals surface area contributed by atoms with Gasteiger partial charge in [-0.25, -0.2) is 5.84 Å². The smallest absolute Gasteiger partial charge is 0.231 e. The second kappa shape index (κ2) is 6.78. The zero-order valence-corrected chi connectivity index (χ0v) is 13.7. The minimum Gasteiger partial charge on any atom is -0.367 e. The van der Waals surface area contributed by atoms with Gasteiger partial charge >= 0.3 is 0 Å². The van der Waals surface area contributed by atoms with Gasteiger partial charge in [0.15, 0.2) is 5.82 Å². The van der Waals surface area contributed by atoms with Crippen LogP contribution in [0.3, 0.4) is 0 Å². The molecule has 1 aliphatic carbocycles. The molecule has 1 fully saturated rings. The predicted octanol–water partition coefficient (Wildman–Crippen LogP) is 3.75. The van der Waals surface area contributed by atoms with E-state index in [1.165, 1.54) is 0 Å². The van der Waals surface area contributed by atoms with E-state index in [0.29, 0.717) is 17.8 Å². The average Bonchev–Trinajstić information content (AvgIpc) is 3.47. The van der Waals surface area contributed by atoms with Crippen LogP contribution in [0.5, 0.6) is 0 Å². The lowest BCUT2D eigenvalue weighted by molar-refractivity contribution is 1.08.